The number of nitrogens with one attached hydrogen (secondary N) is 1. The highest BCUT2D eigenvalue weighted by molar-refractivity contribution is 9.10. The van der Waals surface area contributed by atoms with Crippen LogP contribution in [0.3, 0.4) is 0 Å². The minimum absolute atomic E-state index is 0.0698. The quantitative estimate of drug-likeness (QED) is 0.309. The SMILES string of the molecule is CN(CCCNc1cc(-c2ccccc2Cl)nc2c(Br)cnn12)S(=O)(=O)c1cccc(F)c1. The first-order chi connectivity index (χ1) is 15.8. The Balaban J connectivity index is 1.49. The van der Waals surface area contributed by atoms with Gasteiger partial charge >= 0.3 is 0 Å². The van der Waals surface area contributed by atoms with E-state index in [1.165, 1.54) is 29.6 Å². The van der Waals surface area contributed by atoms with Crippen molar-refractivity contribution in [2.24, 2.45) is 0 Å². The predicted molar refractivity (Wildman–Crippen MR) is 130 cm³/mol. The Kier molecular flexibility index (Phi) is 6.99. The van der Waals surface area contributed by atoms with Crippen LogP contribution >= 0.6 is 27.5 Å². The first-order valence-electron chi connectivity index (χ1n) is 10.0. The molecule has 4 rings (SSSR count). The molecule has 11 heteroatoms. The van der Waals surface area contributed by atoms with Crippen molar-refractivity contribution in [1.29, 1.82) is 0 Å². The molecule has 0 unspecified atom stereocenters. The van der Waals surface area contributed by atoms with Gasteiger partial charge in [0.05, 0.1) is 21.3 Å². The van der Waals surface area contributed by atoms with Crippen molar-refractivity contribution in [3.8, 4) is 11.3 Å². The zero-order valence-corrected chi connectivity index (χ0v) is 20.7. The first kappa shape index (κ1) is 23.6. The van der Waals surface area contributed by atoms with Crippen LogP contribution in [0.4, 0.5) is 10.2 Å². The van der Waals surface area contributed by atoms with Gasteiger partial charge in [-0.1, -0.05) is 35.9 Å². The summed E-state index contributed by atoms with van der Waals surface area (Å²) in [5, 5.41) is 8.23. The van der Waals surface area contributed by atoms with Gasteiger partial charge in [-0.15, -0.1) is 0 Å². The highest BCUT2D eigenvalue weighted by Gasteiger charge is 2.21. The predicted octanol–water partition coefficient (Wildman–Crippen LogP) is 5.07. The van der Waals surface area contributed by atoms with E-state index in [2.05, 4.69) is 31.3 Å². The summed E-state index contributed by atoms with van der Waals surface area (Å²) in [7, 11) is -2.29. The molecule has 2 heterocycles. The van der Waals surface area contributed by atoms with E-state index in [1.54, 1.807) is 16.8 Å². The lowest BCUT2D eigenvalue weighted by Gasteiger charge is -2.18. The highest BCUT2D eigenvalue weighted by atomic mass is 79.9. The van der Waals surface area contributed by atoms with Crippen molar-refractivity contribution in [3.63, 3.8) is 0 Å². The summed E-state index contributed by atoms with van der Waals surface area (Å²) >= 11 is 9.83. The Labute approximate surface area is 204 Å². The third-order valence-electron chi connectivity index (χ3n) is 5.04. The molecular weight excluding hydrogens is 533 g/mol. The summed E-state index contributed by atoms with van der Waals surface area (Å²) < 4.78 is 42.4. The van der Waals surface area contributed by atoms with Crippen LogP contribution in [0.1, 0.15) is 6.42 Å². The summed E-state index contributed by atoms with van der Waals surface area (Å²) in [5.41, 5.74) is 2.10. The Bertz CT molecular complexity index is 1410. The number of hydrogen-bond acceptors (Lipinski definition) is 5. The molecular formula is C22H20BrClFN5O2S. The molecule has 0 atom stereocenters. The fourth-order valence-electron chi connectivity index (χ4n) is 3.31. The van der Waals surface area contributed by atoms with Crippen LogP contribution in [0, 0.1) is 5.82 Å². The fraction of sp³-hybridized carbons (Fsp3) is 0.182. The average Bonchev–Trinajstić information content (AvgIpc) is 3.17. The molecule has 0 saturated carbocycles. The number of nitrogens with zero attached hydrogens (tertiary/aromatic N) is 4. The summed E-state index contributed by atoms with van der Waals surface area (Å²) in [6.45, 7) is 0.724. The van der Waals surface area contributed by atoms with Crippen LogP contribution in [0.15, 0.2) is 70.2 Å². The molecule has 2 aromatic heterocycles. The average molecular weight is 553 g/mol. The zero-order valence-electron chi connectivity index (χ0n) is 17.5. The second kappa shape index (κ2) is 9.76. The molecule has 0 aliphatic rings. The summed E-state index contributed by atoms with van der Waals surface area (Å²) in [5.74, 6) is 0.101. The third kappa shape index (κ3) is 5.03. The van der Waals surface area contributed by atoms with E-state index in [4.69, 9.17) is 11.6 Å². The molecule has 7 nitrogen and oxygen atoms in total. The van der Waals surface area contributed by atoms with Gasteiger partial charge in [0.15, 0.2) is 5.65 Å². The Morgan fingerprint density at radius 2 is 1.97 bits per heavy atom. The molecule has 0 amide bonds. The van der Waals surface area contributed by atoms with Gasteiger partial charge in [0.2, 0.25) is 10.0 Å². The molecule has 0 radical (unpaired) electrons. The Morgan fingerprint density at radius 3 is 2.73 bits per heavy atom. The van der Waals surface area contributed by atoms with E-state index in [0.29, 0.717) is 35.1 Å². The largest absolute Gasteiger partial charge is 0.370 e. The maximum absolute atomic E-state index is 13.4. The fourth-order valence-corrected chi connectivity index (χ4v) is 5.14. The topological polar surface area (TPSA) is 79.6 Å². The third-order valence-corrected chi connectivity index (χ3v) is 7.78. The summed E-state index contributed by atoms with van der Waals surface area (Å²) in [6.07, 6.45) is 2.17. The standard InChI is InChI=1S/C22H20BrClFN5O2S/c1-29(33(31,32)16-7-4-6-15(25)12-16)11-5-10-26-21-13-20(17-8-2-3-9-19(17)24)28-22-18(23)14-27-30(21)22/h2-4,6-9,12-14,26H,5,10-11H2,1H3. The van der Waals surface area contributed by atoms with E-state index in [0.717, 1.165) is 16.1 Å². The van der Waals surface area contributed by atoms with E-state index < -0.39 is 15.8 Å². The molecule has 0 fully saturated rings. The van der Waals surface area contributed by atoms with Crippen LogP contribution in [0.5, 0.6) is 0 Å². The molecule has 0 spiro atoms. The van der Waals surface area contributed by atoms with Gasteiger partial charge in [0.1, 0.15) is 11.6 Å². The summed E-state index contributed by atoms with van der Waals surface area (Å²) in [6, 6.07) is 14.3. The molecule has 1 N–H and O–H groups in total. The van der Waals surface area contributed by atoms with Gasteiger partial charge in [0.25, 0.3) is 0 Å². The van der Waals surface area contributed by atoms with Gasteiger partial charge in [-0.25, -0.2) is 22.1 Å². The van der Waals surface area contributed by atoms with Crippen LogP contribution in [-0.4, -0.2) is 47.5 Å². The van der Waals surface area contributed by atoms with Gasteiger partial charge in [0, 0.05) is 36.8 Å². The molecule has 0 bridgehead atoms. The lowest BCUT2D eigenvalue weighted by Crippen LogP contribution is -2.29. The second-order valence-electron chi connectivity index (χ2n) is 7.30. The number of anilines is 1. The zero-order chi connectivity index (χ0) is 23.6. The van der Waals surface area contributed by atoms with Gasteiger partial charge in [-0.3, -0.25) is 0 Å². The molecule has 0 aliphatic heterocycles. The number of fused-ring (bicyclic) bond motifs is 1. The van der Waals surface area contributed by atoms with E-state index >= 15 is 0 Å². The van der Waals surface area contributed by atoms with Crippen LogP contribution < -0.4 is 5.32 Å². The van der Waals surface area contributed by atoms with Crippen LogP contribution in [-0.2, 0) is 10.0 Å². The number of hydrogen-bond donors (Lipinski definition) is 1. The first-order valence-corrected chi connectivity index (χ1v) is 12.6. The van der Waals surface area contributed by atoms with Gasteiger partial charge in [-0.05, 0) is 46.6 Å². The van der Waals surface area contributed by atoms with Crippen molar-refractivity contribution in [1.82, 2.24) is 18.9 Å². The van der Waals surface area contributed by atoms with E-state index in [9.17, 15) is 12.8 Å². The number of rotatable bonds is 8. The van der Waals surface area contributed by atoms with E-state index in [-0.39, 0.29) is 11.4 Å². The van der Waals surface area contributed by atoms with Crippen molar-refractivity contribution in [2.45, 2.75) is 11.3 Å². The molecule has 33 heavy (non-hydrogen) atoms. The smallest absolute Gasteiger partial charge is 0.242 e. The normalized spacial score (nSPS) is 11.9. The van der Waals surface area contributed by atoms with Gasteiger partial charge < -0.3 is 5.32 Å². The van der Waals surface area contributed by atoms with Crippen molar-refractivity contribution >= 4 is 49.0 Å². The second-order valence-corrected chi connectivity index (χ2v) is 10.6. The lowest BCUT2D eigenvalue weighted by molar-refractivity contribution is 0.464. The molecule has 172 valence electrons. The molecule has 0 aliphatic carbocycles. The van der Waals surface area contributed by atoms with Crippen LogP contribution in [0.2, 0.25) is 5.02 Å². The maximum atomic E-state index is 13.4. The van der Waals surface area contributed by atoms with Crippen molar-refractivity contribution in [2.75, 3.05) is 25.5 Å². The summed E-state index contributed by atoms with van der Waals surface area (Å²) in [4.78, 5) is 4.60. The number of aromatic nitrogens is 3. The maximum Gasteiger partial charge on any atom is 0.242 e. The van der Waals surface area contributed by atoms with Crippen LogP contribution in [0.25, 0.3) is 16.9 Å². The lowest BCUT2D eigenvalue weighted by atomic mass is 10.1. The number of sulfonamides is 1. The van der Waals surface area contributed by atoms with E-state index in [1.807, 2.05) is 24.3 Å². The minimum Gasteiger partial charge on any atom is -0.370 e. The minimum atomic E-state index is -3.77. The van der Waals surface area contributed by atoms with Crippen molar-refractivity contribution in [3.05, 3.63) is 76.1 Å². The van der Waals surface area contributed by atoms with Gasteiger partial charge in [-0.2, -0.15) is 9.61 Å². The molecule has 4 aromatic rings. The Morgan fingerprint density at radius 1 is 1.18 bits per heavy atom. The Hall–Kier alpha value is -2.53. The number of halogens is 3. The highest BCUT2D eigenvalue weighted by Crippen LogP contribution is 2.30. The monoisotopic (exact) mass is 551 g/mol. The molecule has 2 aromatic carbocycles. The number of benzene rings is 2. The molecule has 0 saturated heterocycles. The van der Waals surface area contributed by atoms with Crippen molar-refractivity contribution < 1.29 is 12.8 Å².